The van der Waals surface area contributed by atoms with Gasteiger partial charge >= 0.3 is 5.97 Å². The maximum atomic E-state index is 13.3. The van der Waals surface area contributed by atoms with E-state index in [1.54, 1.807) is 55.6 Å². The fraction of sp³-hybridized carbons (Fsp3) is 0.148. The summed E-state index contributed by atoms with van der Waals surface area (Å²) in [6.45, 7) is 5.96. The summed E-state index contributed by atoms with van der Waals surface area (Å²) >= 11 is 0. The smallest absolute Gasteiger partial charge is 0.338 e. The monoisotopic (exact) mass is 440 g/mol. The highest BCUT2D eigenvalue weighted by atomic mass is 16.5. The van der Waals surface area contributed by atoms with Crippen LogP contribution in [0.2, 0.25) is 0 Å². The minimum atomic E-state index is -0.444. The normalized spacial score (nSPS) is 11.2. The third kappa shape index (κ3) is 4.15. The molecule has 4 rings (SSSR count). The molecule has 0 saturated heterocycles. The number of aryl methyl sites for hydroxylation is 2. The molecule has 0 spiro atoms. The summed E-state index contributed by atoms with van der Waals surface area (Å²) in [5.41, 5.74) is 3.70. The number of pyridine rings is 1. The number of esters is 1. The number of hydrogen-bond acceptors (Lipinski definition) is 5. The van der Waals surface area contributed by atoms with Crippen LogP contribution in [0.25, 0.3) is 16.5 Å². The molecule has 33 heavy (non-hydrogen) atoms. The van der Waals surface area contributed by atoms with Crippen molar-refractivity contribution in [2.75, 3.05) is 6.61 Å². The zero-order chi connectivity index (χ0) is 23.5. The molecule has 0 amide bonds. The number of fused-ring (bicyclic) bond motifs is 1. The van der Waals surface area contributed by atoms with Crippen LogP contribution >= 0.6 is 0 Å². The fourth-order valence-corrected chi connectivity index (χ4v) is 3.83. The van der Waals surface area contributed by atoms with E-state index in [4.69, 9.17) is 4.74 Å². The Morgan fingerprint density at radius 2 is 1.61 bits per heavy atom. The highest BCUT2D eigenvalue weighted by Crippen LogP contribution is 2.28. The van der Waals surface area contributed by atoms with Crippen molar-refractivity contribution in [2.45, 2.75) is 20.8 Å². The Hall–Kier alpha value is -4.19. The molecule has 166 valence electrons. The molecule has 0 radical (unpaired) electrons. The van der Waals surface area contributed by atoms with Crippen LogP contribution in [0.4, 0.5) is 5.69 Å². The Balaban J connectivity index is 1.90. The van der Waals surface area contributed by atoms with Gasteiger partial charge in [0.15, 0.2) is 0 Å². The van der Waals surface area contributed by atoms with Crippen molar-refractivity contribution < 1.29 is 14.6 Å². The molecule has 0 unspecified atom stereocenters. The molecule has 0 aliphatic carbocycles. The molecule has 6 heteroatoms. The number of rotatable bonds is 5. The molecule has 0 saturated carbocycles. The number of aromatic nitrogens is 1. The molecular weight excluding hydrogens is 416 g/mol. The van der Waals surface area contributed by atoms with Crippen LogP contribution in [0.1, 0.15) is 34.0 Å². The number of aromatic hydroxyl groups is 1. The van der Waals surface area contributed by atoms with Gasteiger partial charge in [-0.1, -0.05) is 36.4 Å². The largest absolute Gasteiger partial charge is 0.494 e. The predicted molar refractivity (Wildman–Crippen MR) is 130 cm³/mol. The Morgan fingerprint density at radius 1 is 0.970 bits per heavy atom. The van der Waals surface area contributed by atoms with Gasteiger partial charge in [0.2, 0.25) is 5.88 Å². The molecular formula is C27H24N2O4. The average molecular weight is 440 g/mol. The van der Waals surface area contributed by atoms with Gasteiger partial charge in [0, 0.05) is 17.0 Å². The first-order chi connectivity index (χ1) is 15.9. The quantitative estimate of drug-likeness (QED) is 0.340. The lowest BCUT2D eigenvalue weighted by atomic mass is 10.1. The van der Waals surface area contributed by atoms with Crippen molar-refractivity contribution in [2.24, 2.45) is 4.99 Å². The number of nitrogens with zero attached hydrogens (tertiary/aromatic N) is 2. The molecule has 1 heterocycles. The summed E-state index contributed by atoms with van der Waals surface area (Å²) in [4.78, 5) is 29.9. The van der Waals surface area contributed by atoms with Gasteiger partial charge in [-0.3, -0.25) is 9.79 Å². The second-order valence-electron chi connectivity index (χ2n) is 7.69. The van der Waals surface area contributed by atoms with Gasteiger partial charge in [-0.05, 0) is 62.2 Å². The van der Waals surface area contributed by atoms with Crippen molar-refractivity contribution in [3.05, 3.63) is 99.3 Å². The maximum Gasteiger partial charge on any atom is 0.338 e. The lowest BCUT2D eigenvalue weighted by molar-refractivity contribution is 0.0526. The maximum absolute atomic E-state index is 13.3. The molecule has 0 aliphatic heterocycles. The standard InChI is InChI=1S/C27H24N2O4/c1-4-33-27(32)19-12-14-20(15-13-19)29-25(30)22-11-6-5-10-21(22)23(26(29)31)16-28-24-17(2)8-7-9-18(24)3/h5-16,31H,4H2,1-3H3. The summed E-state index contributed by atoms with van der Waals surface area (Å²) in [6.07, 6.45) is 1.59. The summed E-state index contributed by atoms with van der Waals surface area (Å²) in [5.74, 6) is -0.668. The SMILES string of the molecule is CCOC(=O)c1ccc(-n2c(O)c(C=Nc3c(C)cccc3C)c3ccccc3c2=O)cc1. The van der Waals surface area contributed by atoms with E-state index >= 15 is 0 Å². The molecule has 3 aromatic carbocycles. The number of para-hydroxylation sites is 1. The minimum absolute atomic E-state index is 0.224. The summed E-state index contributed by atoms with van der Waals surface area (Å²) in [5, 5.41) is 12.2. The van der Waals surface area contributed by atoms with E-state index in [1.165, 1.54) is 4.57 Å². The first-order valence-corrected chi connectivity index (χ1v) is 10.7. The second kappa shape index (κ2) is 9.12. The molecule has 1 aromatic heterocycles. The van der Waals surface area contributed by atoms with E-state index in [0.29, 0.717) is 27.6 Å². The van der Waals surface area contributed by atoms with Crippen LogP contribution < -0.4 is 5.56 Å². The van der Waals surface area contributed by atoms with Gasteiger partial charge < -0.3 is 9.84 Å². The lowest BCUT2D eigenvalue weighted by Crippen LogP contribution is -2.20. The fourth-order valence-electron chi connectivity index (χ4n) is 3.83. The van der Waals surface area contributed by atoms with Crippen LogP contribution in [0, 0.1) is 13.8 Å². The summed E-state index contributed by atoms with van der Waals surface area (Å²) in [6, 6.07) is 19.4. The van der Waals surface area contributed by atoms with Crippen molar-refractivity contribution in [3.63, 3.8) is 0 Å². The van der Waals surface area contributed by atoms with Crippen LogP contribution in [-0.4, -0.2) is 28.5 Å². The van der Waals surface area contributed by atoms with E-state index in [1.807, 2.05) is 38.1 Å². The molecule has 4 aromatic rings. The Kier molecular flexibility index (Phi) is 6.09. The molecule has 0 bridgehead atoms. The first-order valence-electron chi connectivity index (χ1n) is 10.7. The predicted octanol–water partition coefficient (Wildman–Crippen LogP) is 5.24. The average Bonchev–Trinajstić information content (AvgIpc) is 2.81. The molecule has 0 atom stereocenters. The van der Waals surface area contributed by atoms with E-state index in [0.717, 1.165) is 16.8 Å². The third-order valence-corrected chi connectivity index (χ3v) is 5.50. The minimum Gasteiger partial charge on any atom is -0.494 e. The van der Waals surface area contributed by atoms with Crippen molar-refractivity contribution in [1.82, 2.24) is 4.57 Å². The van der Waals surface area contributed by atoms with Crippen LogP contribution in [0.15, 0.2) is 76.5 Å². The lowest BCUT2D eigenvalue weighted by Gasteiger charge is -2.14. The zero-order valence-corrected chi connectivity index (χ0v) is 18.7. The van der Waals surface area contributed by atoms with Gasteiger partial charge in [-0.15, -0.1) is 0 Å². The van der Waals surface area contributed by atoms with Crippen LogP contribution in [-0.2, 0) is 4.74 Å². The van der Waals surface area contributed by atoms with Gasteiger partial charge in [-0.25, -0.2) is 9.36 Å². The second-order valence-corrected chi connectivity index (χ2v) is 7.69. The van der Waals surface area contributed by atoms with Crippen molar-refractivity contribution in [1.29, 1.82) is 0 Å². The number of ether oxygens (including phenoxy) is 1. The van der Waals surface area contributed by atoms with E-state index in [-0.39, 0.29) is 18.0 Å². The van der Waals surface area contributed by atoms with Gasteiger partial charge in [-0.2, -0.15) is 0 Å². The van der Waals surface area contributed by atoms with E-state index in [2.05, 4.69) is 4.99 Å². The van der Waals surface area contributed by atoms with Gasteiger partial charge in [0.1, 0.15) is 0 Å². The topological polar surface area (TPSA) is 80.9 Å². The van der Waals surface area contributed by atoms with Crippen LogP contribution in [0.5, 0.6) is 5.88 Å². The molecule has 1 N–H and O–H groups in total. The van der Waals surface area contributed by atoms with Gasteiger partial charge in [0.05, 0.1) is 29.1 Å². The Labute approximate surface area is 191 Å². The highest BCUT2D eigenvalue weighted by molar-refractivity contribution is 6.02. The number of aliphatic imine (C=N–C) groups is 1. The Morgan fingerprint density at radius 3 is 2.24 bits per heavy atom. The van der Waals surface area contributed by atoms with E-state index < -0.39 is 5.97 Å². The van der Waals surface area contributed by atoms with Gasteiger partial charge in [0.25, 0.3) is 5.56 Å². The Bertz CT molecular complexity index is 1410. The molecule has 0 aliphatic rings. The van der Waals surface area contributed by atoms with Crippen molar-refractivity contribution in [3.8, 4) is 11.6 Å². The van der Waals surface area contributed by atoms with E-state index in [9.17, 15) is 14.7 Å². The summed E-state index contributed by atoms with van der Waals surface area (Å²) in [7, 11) is 0. The molecule has 6 nitrogen and oxygen atoms in total. The highest BCUT2D eigenvalue weighted by Gasteiger charge is 2.17. The number of benzene rings is 3. The zero-order valence-electron chi connectivity index (χ0n) is 18.7. The molecule has 0 fully saturated rings. The number of carbonyl (C=O) groups excluding carboxylic acids is 1. The first kappa shape index (κ1) is 22.0. The summed E-state index contributed by atoms with van der Waals surface area (Å²) < 4.78 is 6.24. The van der Waals surface area contributed by atoms with Crippen LogP contribution in [0.3, 0.4) is 0 Å². The number of hydrogen-bond donors (Lipinski definition) is 1. The van der Waals surface area contributed by atoms with Crippen molar-refractivity contribution >= 4 is 28.6 Å². The third-order valence-electron chi connectivity index (χ3n) is 5.50. The number of carbonyl (C=O) groups is 1.